The van der Waals surface area contributed by atoms with Crippen molar-refractivity contribution in [1.82, 2.24) is 0 Å². The van der Waals surface area contributed by atoms with E-state index in [0.29, 0.717) is 16.7 Å². The molecule has 0 amide bonds. The molecule has 0 aromatic heterocycles. The van der Waals surface area contributed by atoms with Crippen LogP contribution in [0.4, 0.5) is 0 Å². The zero-order valence-corrected chi connectivity index (χ0v) is 16.9. The number of rotatable bonds is 0. The topological polar surface area (TPSA) is 9.23 Å². The molecule has 1 nitrogen and oxygen atoms in total. The fourth-order valence-corrected chi connectivity index (χ4v) is 6.75. The van der Waals surface area contributed by atoms with Gasteiger partial charge in [-0.3, -0.25) is 0 Å². The van der Waals surface area contributed by atoms with Gasteiger partial charge in [-0.05, 0) is 54.0 Å². The molecule has 6 rings (SSSR count). The lowest BCUT2D eigenvalue weighted by Crippen LogP contribution is -2.54. The molecule has 27 heavy (non-hydrogen) atoms. The van der Waals surface area contributed by atoms with Crippen LogP contribution in [0.1, 0.15) is 36.8 Å². The molecular formula is C25H23BrO. The summed E-state index contributed by atoms with van der Waals surface area (Å²) in [6.45, 7) is 0. The molecule has 5 aliphatic rings. The van der Waals surface area contributed by atoms with Gasteiger partial charge >= 0.3 is 0 Å². The van der Waals surface area contributed by atoms with Crippen LogP contribution in [0.3, 0.4) is 0 Å². The number of hydrogen-bond acceptors (Lipinski definition) is 1. The van der Waals surface area contributed by atoms with Crippen LogP contribution < -0.4 is 0 Å². The van der Waals surface area contributed by atoms with Crippen molar-refractivity contribution < 1.29 is 4.74 Å². The van der Waals surface area contributed by atoms with Crippen LogP contribution in [-0.2, 0) is 10.2 Å². The van der Waals surface area contributed by atoms with Crippen molar-refractivity contribution in [2.75, 3.05) is 0 Å². The quantitative estimate of drug-likeness (QED) is 0.357. The lowest BCUT2D eigenvalue weighted by atomic mass is 9.53. The molecule has 0 saturated carbocycles. The van der Waals surface area contributed by atoms with Crippen LogP contribution in [0.25, 0.3) is 5.57 Å². The summed E-state index contributed by atoms with van der Waals surface area (Å²) >= 11 is 3.90. The zero-order chi connectivity index (χ0) is 18.0. The highest BCUT2D eigenvalue weighted by Crippen LogP contribution is 2.64. The first-order valence-electron chi connectivity index (χ1n) is 10.2. The molecule has 0 radical (unpaired) electrons. The smallest absolute Gasteiger partial charge is 0.106 e. The van der Waals surface area contributed by atoms with Crippen molar-refractivity contribution in [1.29, 1.82) is 0 Å². The summed E-state index contributed by atoms with van der Waals surface area (Å²) in [4.78, 5) is 0.419. The number of benzene rings is 1. The summed E-state index contributed by atoms with van der Waals surface area (Å²) in [6, 6.07) is 9.15. The maximum absolute atomic E-state index is 6.61. The summed E-state index contributed by atoms with van der Waals surface area (Å²) in [5.41, 5.74) is 6.09. The van der Waals surface area contributed by atoms with E-state index in [-0.39, 0.29) is 11.5 Å². The maximum Gasteiger partial charge on any atom is 0.106 e. The molecule has 5 unspecified atom stereocenters. The fraction of sp³-hybridized carbons (Fsp3) is 0.360. The number of fused-ring (bicyclic) bond motifs is 8. The predicted molar refractivity (Wildman–Crippen MR) is 114 cm³/mol. The Morgan fingerprint density at radius 3 is 3.00 bits per heavy atom. The molecule has 5 atom stereocenters. The van der Waals surface area contributed by atoms with E-state index in [4.69, 9.17) is 4.74 Å². The first-order valence-corrected chi connectivity index (χ1v) is 11.1. The fourth-order valence-electron chi connectivity index (χ4n) is 6.27. The molecule has 1 fully saturated rings. The van der Waals surface area contributed by atoms with Crippen molar-refractivity contribution in [2.24, 2.45) is 11.8 Å². The van der Waals surface area contributed by atoms with Gasteiger partial charge in [-0.25, -0.2) is 0 Å². The minimum absolute atomic E-state index is 0.0269. The van der Waals surface area contributed by atoms with E-state index in [9.17, 15) is 0 Å². The minimum atomic E-state index is 0.0269. The van der Waals surface area contributed by atoms with Gasteiger partial charge in [0.25, 0.3) is 0 Å². The predicted octanol–water partition coefficient (Wildman–Crippen LogP) is 6.24. The van der Waals surface area contributed by atoms with E-state index >= 15 is 0 Å². The third kappa shape index (κ3) is 2.05. The highest BCUT2D eigenvalue weighted by atomic mass is 79.9. The Hall–Kier alpha value is -1.80. The van der Waals surface area contributed by atoms with Crippen LogP contribution in [0.15, 0.2) is 78.1 Å². The van der Waals surface area contributed by atoms with Gasteiger partial charge in [-0.1, -0.05) is 76.7 Å². The Bertz CT molecular complexity index is 958. The van der Waals surface area contributed by atoms with E-state index in [1.807, 2.05) is 0 Å². The van der Waals surface area contributed by atoms with Crippen LogP contribution in [0.2, 0.25) is 0 Å². The average molecular weight is 419 g/mol. The molecule has 1 spiro atoms. The van der Waals surface area contributed by atoms with Crippen molar-refractivity contribution in [3.63, 3.8) is 0 Å². The number of halogens is 1. The van der Waals surface area contributed by atoms with Gasteiger partial charge in [-0.15, -0.1) is 0 Å². The first-order chi connectivity index (χ1) is 13.3. The lowest BCUT2D eigenvalue weighted by Gasteiger charge is -2.55. The van der Waals surface area contributed by atoms with E-state index < -0.39 is 0 Å². The summed E-state index contributed by atoms with van der Waals surface area (Å²) in [7, 11) is 0. The monoisotopic (exact) mass is 418 g/mol. The molecule has 1 saturated heterocycles. The van der Waals surface area contributed by atoms with Crippen LogP contribution in [-0.4, -0.2) is 10.9 Å². The Kier molecular flexibility index (Phi) is 3.50. The van der Waals surface area contributed by atoms with E-state index in [1.54, 1.807) is 5.57 Å². The average Bonchev–Trinajstić information content (AvgIpc) is 2.99. The molecule has 1 heterocycles. The number of ether oxygens (including phenoxy) is 1. The standard InChI is InChI=1S/C25H23BrO/c26-16-13-14-18-17-7-1-2-8-19(17)25(22(18)15-16)20-9-3-5-11-23(20)27-24-12-6-4-10-21(24)25/h1-5,7-8,10-11,13-14,16,20-21,24H,6,9,12,15H2. The highest BCUT2D eigenvalue weighted by Gasteiger charge is 2.60. The molecule has 1 aliphatic heterocycles. The molecule has 1 aromatic rings. The largest absolute Gasteiger partial charge is 0.494 e. The van der Waals surface area contributed by atoms with E-state index in [0.717, 1.165) is 25.7 Å². The third-order valence-electron chi connectivity index (χ3n) is 7.19. The molecule has 1 aromatic carbocycles. The number of allylic oxidation sites excluding steroid dienone is 9. The number of hydrogen-bond donors (Lipinski definition) is 0. The van der Waals surface area contributed by atoms with Crippen molar-refractivity contribution in [2.45, 2.75) is 42.0 Å². The SMILES string of the molecule is BrC1C=CC2=C(C1)C1(c3ccccc32)C2CC=CC=C2OC2CCC=CC21. The first kappa shape index (κ1) is 16.2. The van der Waals surface area contributed by atoms with Gasteiger partial charge in [-0.2, -0.15) is 0 Å². The lowest BCUT2D eigenvalue weighted by molar-refractivity contribution is -0.0356. The second-order valence-electron chi connectivity index (χ2n) is 8.36. The van der Waals surface area contributed by atoms with Gasteiger partial charge in [0.1, 0.15) is 11.9 Å². The van der Waals surface area contributed by atoms with E-state index in [1.165, 1.54) is 22.5 Å². The van der Waals surface area contributed by atoms with Gasteiger partial charge in [0, 0.05) is 22.1 Å². The van der Waals surface area contributed by atoms with Gasteiger partial charge in [0.05, 0.1) is 0 Å². The third-order valence-corrected chi connectivity index (χ3v) is 7.82. The van der Waals surface area contributed by atoms with Crippen molar-refractivity contribution in [3.05, 3.63) is 89.3 Å². The molecule has 0 bridgehead atoms. The summed E-state index contributed by atoms with van der Waals surface area (Å²) in [5.74, 6) is 2.02. The minimum Gasteiger partial charge on any atom is -0.494 e. The number of alkyl halides is 1. The molecular weight excluding hydrogens is 396 g/mol. The zero-order valence-electron chi connectivity index (χ0n) is 15.3. The summed E-state index contributed by atoms with van der Waals surface area (Å²) < 4.78 is 6.61. The molecule has 4 aliphatic carbocycles. The molecule has 2 heteroatoms. The maximum atomic E-state index is 6.61. The Morgan fingerprint density at radius 1 is 1.11 bits per heavy atom. The van der Waals surface area contributed by atoms with Gasteiger partial charge < -0.3 is 4.74 Å². The van der Waals surface area contributed by atoms with Crippen LogP contribution in [0.5, 0.6) is 0 Å². The second kappa shape index (κ2) is 5.85. The Labute approximate surface area is 169 Å². The van der Waals surface area contributed by atoms with Crippen LogP contribution in [0, 0.1) is 11.8 Å². The molecule has 0 N–H and O–H groups in total. The van der Waals surface area contributed by atoms with Gasteiger partial charge in [0.2, 0.25) is 0 Å². The second-order valence-corrected chi connectivity index (χ2v) is 9.54. The summed E-state index contributed by atoms with van der Waals surface area (Å²) in [6.07, 6.45) is 21.0. The normalized spacial score (nSPS) is 38.0. The Balaban J connectivity index is 1.68. The highest BCUT2D eigenvalue weighted by molar-refractivity contribution is 9.09. The van der Waals surface area contributed by atoms with Gasteiger partial charge in [0.15, 0.2) is 0 Å². The molecule has 136 valence electrons. The van der Waals surface area contributed by atoms with Crippen molar-refractivity contribution in [3.8, 4) is 0 Å². The van der Waals surface area contributed by atoms with Crippen molar-refractivity contribution >= 4 is 21.5 Å². The summed E-state index contributed by atoms with van der Waals surface area (Å²) in [5, 5.41) is 0. The van der Waals surface area contributed by atoms with E-state index in [2.05, 4.69) is 82.7 Å². The van der Waals surface area contributed by atoms with Crippen LogP contribution >= 0.6 is 15.9 Å². The Morgan fingerprint density at radius 2 is 2.04 bits per heavy atom.